The van der Waals surface area contributed by atoms with Gasteiger partial charge in [-0.05, 0) is 116 Å². The molecule has 8 aromatic carbocycles. The Hall–Kier alpha value is -5.22. The number of hydrogen-bond acceptors (Lipinski definition) is 3. The van der Waals surface area contributed by atoms with Crippen molar-refractivity contribution in [1.82, 2.24) is 4.90 Å². The first kappa shape index (κ1) is 39.3. The summed E-state index contributed by atoms with van der Waals surface area (Å²) in [5.74, 6) is 1.16. The molecule has 0 spiro atoms. The van der Waals surface area contributed by atoms with Crippen LogP contribution in [0.1, 0.15) is 56.1 Å². The van der Waals surface area contributed by atoms with Gasteiger partial charge in [-0.1, -0.05) is 188 Å². The normalized spacial score (nSPS) is 14.4. The van der Waals surface area contributed by atoms with Crippen molar-refractivity contribution in [3.05, 3.63) is 270 Å². The van der Waals surface area contributed by atoms with Crippen LogP contribution >= 0.6 is 45.2 Å². The van der Waals surface area contributed by atoms with Crippen molar-refractivity contribution in [3.63, 3.8) is 0 Å². The Morgan fingerprint density at radius 2 is 0.898 bits per heavy atom. The van der Waals surface area contributed by atoms with E-state index in [1.807, 2.05) is 0 Å². The smallest absolute Gasteiger partial charge is 0.184 e. The molecule has 3 nitrogen and oxygen atoms in total. The quantitative estimate of drug-likeness (QED) is 0.104. The third-order valence-corrected chi connectivity index (χ3v) is 13.4. The fourth-order valence-electron chi connectivity index (χ4n) is 9.24. The van der Waals surface area contributed by atoms with Crippen LogP contribution < -0.4 is 4.74 Å². The summed E-state index contributed by atoms with van der Waals surface area (Å²) in [5, 5.41) is 10.9. The van der Waals surface area contributed by atoms with Crippen molar-refractivity contribution in [2.75, 3.05) is 6.54 Å². The van der Waals surface area contributed by atoms with Crippen molar-refractivity contribution < 1.29 is 9.84 Å². The van der Waals surface area contributed by atoms with Crippen molar-refractivity contribution in [3.8, 4) is 11.5 Å². The predicted octanol–water partition coefficient (Wildman–Crippen LogP) is 13.1. The second-order valence-corrected chi connectivity index (χ2v) is 17.4. The summed E-state index contributed by atoms with van der Waals surface area (Å²) in [7, 11) is 0. The molecule has 9 rings (SSSR count). The summed E-state index contributed by atoms with van der Waals surface area (Å²) in [6.45, 7) is 0.799. The zero-order valence-electron chi connectivity index (χ0n) is 32.5. The number of aromatic hydroxyl groups is 1. The lowest BCUT2D eigenvalue weighted by molar-refractivity contribution is 0.0873. The summed E-state index contributed by atoms with van der Waals surface area (Å²) in [5.41, 5.74) is 9.09. The summed E-state index contributed by atoms with van der Waals surface area (Å²) < 4.78 is 9.20. The molecule has 0 saturated carbocycles. The second-order valence-electron chi connectivity index (χ2n) is 15.1. The Morgan fingerprint density at radius 1 is 0.508 bits per heavy atom. The number of phenolic OH excluding ortho intramolecular Hbond substituents is 1. The van der Waals surface area contributed by atoms with Crippen LogP contribution in [-0.4, -0.2) is 16.6 Å². The first-order valence-electron chi connectivity index (χ1n) is 20.1. The minimum Gasteiger partial charge on any atom is -0.506 e. The Kier molecular flexibility index (Phi) is 11.4. The van der Waals surface area contributed by atoms with Gasteiger partial charge in [-0.25, -0.2) is 0 Å². The minimum atomic E-state index is -0.888. The van der Waals surface area contributed by atoms with Gasteiger partial charge in [0.1, 0.15) is 11.5 Å². The maximum Gasteiger partial charge on any atom is 0.184 e. The molecule has 5 heteroatoms. The Balaban J connectivity index is 1.24. The lowest BCUT2D eigenvalue weighted by atomic mass is 9.72. The summed E-state index contributed by atoms with van der Waals surface area (Å²) in [4.78, 5) is 2.74. The molecule has 0 radical (unpaired) electrons. The topological polar surface area (TPSA) is 32.7 Å². The fraction of sp³-hybridized carbons (Fsp3) is 0.111. The molecule has 0 fully saturated rings. The van der Waals surface area contributed by atoms with Gasteiger partial charge in [0.2, 0.25) is 0 Å². The largest absolute Gasteiger partial charge is 0.506 e. The lowest BCUT2D eigenvalue weighted by Gasteiger charge is -2.52. The third kappa shape index (κ3) is 7.38. The van der Waals surface area contributed by atoms with Gasteiger partial charge in [0, 0.05) is 29.3 Å². The molecule has 0 amide bonds. The van der Waals surface area contributed by atoms with E-state index in [2.05, 4.69) is 262 Å². The predicted molar refractivity (Wildman–Crippen MR) is 256 cm³/mol. The molecule has 0 saturated heterocycles. The second kappa shape index (κ2) is 17.2. The number of halogens is 2. The van der Waals surface area contributed by atoms with E-state index in [1.54, 1.807) is 0 Å². The van der Waals surface area contributed by atoms with Gasteiger partial charge < -0.3 is 9.84 Å². The van der Waals surface area contributed by atoms with E-state index in [9.17, 15) is 5.11 Å². The molecule has 290 valence electrons. The number of ether oxygens (including phenoxy) is 1. The molecule has 0 aliphatic carbocycles. The van der Waals surface area contributed by atoms with Crippen LogP contribution in [0.5, 0.6) is 11.5 Å². The number of benzene rings is 8. The minimum absolute atomic E-state index is 0.0355. The van der Waals surface area contributed by atoms with Crippen LogP contribution in [0.25, 0.3) is 0 Å². The van der Waals surface area contributed by atoms with Gasteiger partial charge in [-0.2, -0.15) is 0 Å². The van der Waals surface area contributed by atoms with E-state index in [4.69, 9.17) is 4.74 Å². The van der Waals surface area contributed by atoms with Gasteiger partial charge in [0.25, 0.3) is 0 Å². The summed E-state index contributed by atoms with van der Waals surface area (Å²) in [6.07, 6.45) is 1.58. The van der Waals surface area contributed by atoms with Crippen molar-refractivity contribution in [2.45, 2.75) is 30.0 Å². The van der Waals surface area contributed by atoms with Gasteiger partial charge >= 0.3 is 0 Å². The maximum absolute atomic E-state index is 10.9. The Bertz CT molecular complexity index is 2430. The average molecular weight is 992 g/mol. The number of nitrogens with zero attached hydrogens (tertiary/aromatic N) is 1. The van der Waals surface area contributed by atoms with Crippen LogP contribution in [0.4, 0.5) is 0 Å². The lowest BCUT2D eigenvalue weighted by Crippen LogP contribution is -2.53. The van der Waals surface area contributed by atoms with Gasteiger partial charge in [0.05, 0.1) is 12.7 Å². The van der Waals surface area contributed by atoms with Crippen LogP contribution in [0.2, 0.25) is 0 Å². The molecule has 0 aromatic heterocycles. The van der Waals surface area contributed by atoms with Crippen LogP contribution in [0.3, 0.4) is 0 Å². The molecule has 8 aromatic rings. The molecule has 0 bridgehead atoms. The van der Waals surface area contributed by atoms with E-state index in [-0.39, 0.29) is 6.04 Å². The zero-order chi connectivity index (χ0) is 40.2. The SMILES string of the molecule is Oc1c(I)cc(CC2c3ccc(OC(c4ccccc4)(c4ccccc4)c4ccccc4)cc3CCN2C(c2ccccc2)(c2ccccc2)c2ccccc2)cc1I. The van der Waals surface area contributed by atoms with E-state index in [0.717, 1.165) is 49.0 Å². The van der Waals surface area contributed by atoms with Crippen molar-refractivity contribution >= 4 is 45.2 Å². The van der Waals surface area contributed by atoms with Crippen LogP contribution in [0.15, 0.2) is 212 Å². The van der Waals surface area contributed by atoms with Crippen LogP contribution in [0, 0.1) is 7.14 Å². The molecule has 59 heavy (non-hydrogen) atoms. The van der Waals surface area contributed by atoms with E-state index in [0.29, 0.717) is 5.75 Å². The molecular weight excluding hydrogens is 948 g/mol. The molecule has 1 heterocycles. The summed E-state index contributed by atoms with van der Waals surface area (Å²) >= 11 is 4.53. The van der Waals surface area contributed by atoms with Crippen LogP contribution in [-0.2, 0) is 24.0 Å². The highest BCUT2D eigenvalue weighted by atomic mass is 127. The molecule has 1 N–H and O–H groups in total. The van der Waals surface area contributed by atoms with Gasteiger partial charge in [0.15, 0.2) is 5.60 Å². The fourth-order valence-corrected chi connectivity index (χ4v) is 11.1. The highest BCUT2D eigenvalue weighted by Gasteiger charge is 2.47. The average Bonchev–Trinajstić information content (AvgIpc) is 3.30. The number of rotatable bonds is 11. The maximum atomic E-state index is 10.9. The first-order chi connectivity index (χ1) is 29.0. The number of hydrogen-bond donors (Lipinski definition) is 1. The summed E-state index contributed by atoms with van der Waals surface area (Å²) in [6, 6.07) is 75.8. The third-order valence-electron chi connectivity index (χ3n) is 11.8. The zero-order valence-corrected chi connectivity index (χ0v) is 36.8. The molecule has 1 atom stereocenters. The highest BCUT2D eigenvalue weighted by Crippen LogP contribution is 2.50. The standard InChI is InChI=1S/C54H43I2NO2/c55-49-35-39(36-50(56)52(49)58)37-51-48-32-31-47(59-54(44-25-13-4-14-26-44,45-27-15-5-16-28-45)46-29-17-6-18-30-46)38-40(48)33-34-57(51)53(41-19-7-1-8-20-41,42-21-9-2-10-22-42)43-23-11-3-12-24-43/h1-32,35-36,38,51,58H,33-34,37H2. The molecular formula is C54H43I2NO2. The number of phenols is 1. The van der Waals surface area contributed by atoms with E-state index < -0.39 is 11.1 Å². The monoisotopic (exact) mass is 991 g/mol. The van der Waals surface area contributed by atoms with Gasteiger partial charge in [-0.15, -0.1) is 0 Å². The first-order valence-corrected chi connectivity index (χ1v) is 22.2. The van der Waals surface area contributed by atoms with Crippen molar-refractivity contribution in [2.24, 2.45) is 0 Å². The van der Waals surface area contributed by atoms with Crippen molar-refractivity contribution in [1.29, 1.82) is 0 Å². The molecule has 1 aliphatic rings. The van der Waals surface area contributed by atoms with Gasteiger partial charge in [-0.3, -0.25) is 4.90 Å². The molecule has 1 unspecified atom stereocenters. The molecule has 1 aliphatic heterocycles. The number of fused-ring (bicyclic) bond motifs is 1. The highest BCUT2D eigenvalue weighted by molar-refractivity contribution is 14.1. The Labute approximate surface area is 374 Å². The van der Waals surface area contributed by atoms with E-state index >= 15 is 0 Å². The van der Waals surface area contributed by atoms with E-state index in [1.165, 1.54) is 33.4 Å². The Morgan fingerprint density at radius 3 is 1.31 bits per heavy atom.